The number of hydrogen-bond acceptors (Lipinski definition) is 5. The van der Waals surface area contributed by atoms with Gasteiger partial charge in [0, 0.05) is 36.3 Å². The number of methoxy groups -OCH3 is 1. The van der Waals surface area contributed by atoms with E-state index in [1.807, 2.05) is 30.3 Å². The standard InChI is InChI=1S/C26H34N2O5/c1-16(2)14-22(25-17(3)21-15-20(32-5)10-11-23(21)33-25)27-19-8-6-18(7-9-19)26(31)28(4)13-12-24(29)30/h6-11,15-17,22,25,27H,12-14H2,1-5H3,(H,29,30). The molecule has 0 saturated heterocycles. The third-order valence-corrected chi connectivity index (χ3v) is 6.08. The highest BCUT2D eigenvalue weighted by molar-refractivity contribution is 5.94. The molecule has 178 valence electrons. The van der Waals surface area contributed by atoms with E-state index >= 15 is 0 Å². The van der Waals surface area contributed by atoms with E-state index in [-0.39, 0.29) is 36.9 Å². The summed E-state index contributed by atoms with van der Waals surface area (Å²) in [6.07, 6.45) is 0.823. The fourth-order valence-corrected chi connectivity index (χ4v) is 4.26. The number of nitrogens with one attached hydrogen (secondary N) is 1. The van der Waals surface area contributed by atoms with Crippen molar-refractivity contribution in [2.75, 3.05) is 26.0 Å². The number of nitrogens with zero attached hydrogens (tertiary/aromatic N) is 1. The van der Waals surface area contributed by atoms with Gasteiger partial charge in [0.1, 0.15) is 17.6 Å². The van der Waals surface area contributed by atoms with Gasteiger partial charge < -0.3 is 24.8 Å². The average Bonchev–Trinajstić information content (AvgIpc) is 3.12. The SMILES string of the molecule is COc1ccc2c(c1)C(C)C(C(CC(C)C)Nc1ccc(C(=O)N(C)CCC(=O)O)cc1)O2. The summed E-state index contributed by atoms with van der Waals surface area (Å²) in [6, 6.07) is 13.3. The molecule has 0 saturated carbocycles. The summed E-state index contributed by atoms with van der Waals surface area (Å²) in [6.45, 7) is 6.74. The zero-order valence-corrected chi connectivity index (χ0v) is 20.0. The molecular weight excluding hydrogens is 420 g/mol. The fraction of sp³-hybridized carbons (Fsp3) is 0.462. The van der Waals surface area contributed by atoms with Crippen LogP contribution in [0.2, 0.25) is 0 Å². The molecular formula is C26H34N2O5. The molecule has 2 aromatic carbocycles. The molecule has 0 spiro atoms. The number of hydrogen-bond donors (Lipinski definition) is 2. The molecule has 0 aliphatic carbocycles. The first-order valence-electron chi connectivity index (χ1n) is 11.4. The largest absolute Gasteiger partial charge is 0.497 e. The number of rotatable bonds is 10. The molecule has 2 N–H and O–H groups in total. The van der Waals surface area contributed by atoms with Crippen LogP contribution < -0.4 is 14.8 Å². The van der Waals surface area contributed by atoms with Crippen LogP contribution in [0.25, 0.3) is 0 Å². The van der Waals surface area contributed by atoms with E-state index in [0.717, 1.165) is 29.2 Å². The lowest BCUT2D eigenvalue weighted by Crippen LogP contribution is -2.39. The monoisotopic (exact) mass is 454 g/mol. The minimum Gasteiger partial charge on any atom is -0.497 e. The number of ether oxygens (including phenoxy) is 2. The van der Waals surface area contributed by atoms with Crippen molar-refractivity contribution in [3.63, 3.8) is 0 Å². The number of amides is 1. The van der Waals surface area contributed by atoms with E-state index in [2.05, 4.69) is 26.1 Å². The molecule has 0 aromatic heterocycles. The molecule has 7 heteroatoms. The minimum atomic E-state index is -0.922. The van der Waals surface area contributed by atoms with Gasteiger partial charge in [0.15, 0.2) is 0 Å². The van der Waals surface area contributed by atoms with Crippen LogP contribution in [-0.4, -0.2) is 54.7 Å². The van der Waals surface area contributed by atoms with Crippen molar-refractivity contribution in [3.8, 4) is 11.5 Å². The Bertz CT molecular complexity index is 973. The molecule has 3 atom stereocenters. The normalized spacial score (nSPS) is 17.8. The maximum Gasteiger partial charge on any atom is 0.305 e. The molecule has 0 bridgehead atoms. The number of carbonyl (C=O) groups is 2. The number of anilines is 1. The van der Waals surface area contributed by atoms with E-state index in [1.165, 1.54) is 4.90 Å². The van der Waals surface area contributed by atoms with E-state index < -0.39 is 5.97 Å². The lowest BCUT2D eigenvalue weighted by atomic mass is 9.88. The molecule has 2 aromatic rings. The first-order chi connectivity index (χ1) is 15.7. The minimum absolute atomic E-state index is 0.0297. The van der Waals surface area contributed by atoms with Crippen molar-refractivity contribution in [1.29, 1.82) is 0 Å². The van der Waals surface area contributed by atoms with Crippen LogP contribution in [0.1, 0.15) is 55.5 Å². The number of aliphatic carboxylic acids is 1. The number of carbonyl (C=O) groups excluding carboxylic acids is 1. The highest BCUT2D eigenvalue weighted by Gasteiger charge is 2.37. The highest BCUT2D eigenvalue weighted by Crippen LogP contribution is 2.42. The summed E-state index contributed by atoms with van der Waals surface area (Å²) < 4.78 is 11.8. The summed E-state index contributed by atoms with van der Waals surface area (Å²) in [4.78, 5) is 24.7. The van der Waals surface area contributed by atoms with E-state index in [0.29, 0.717) is 11.5 Å². The molecule has 1 amide bonds. The zero-order chi connectivity index (χ0) is 24.1. The van der Waals surface area contributed by atoms with Crippen molar-refractivity contribution in [1.82, 2.24) is 4.90 Å². The van der Waals surface area contributed by atoms with Gasteiger partial charge in [-0.15, -0.1) is 0 Å². The van der Waals surface area contributed by atoms with Gasteiger partial charge in [0.25, 0.3) is 5.91 Å². The van der Waals surface area contributed by atoms with Crippen LogP contribution in [0.3, 0.4) is 0 Å². The zero-order valence-electron chi connectivity index (χ0n) is 20.0. The van der Waals surface area contributed by atoms with Crippen LogP contribution in [0.15, 0.2) is 42.5 Å². The Morgan fingerprint density at radius 1 is 1.18 bits per heavy atom. The Labute approximate surface area is 195 Å². The van der Waals surface area contributed by atoms with Gasteiger partial charge in [-0.2, -0.15) is 0 Å². The summed E-state index contributed by atoms with van der Waals surface area (Å²) in [5, 5.41) is 12.4. The first kappa shape index (κ1) is 24.4. The Hall–Kier alpha value is -3.22. The molecule has 1 aliphatic heterocycles. The Kier molecular flexibility index (Phi) is 7.84. The predicted octanol–water partition coefficient (Wildman–Crippen LogP) is 4.63. The predicted molar refractivity (Wildman–Crippen MR) is 128 cm³/mol. The third kappa shape index (κ3) is 5.97. The van der Waals surface area contributed by atoms with Crippen molar-refractivity contribution < 1.29 is 24.2 Å². The van der Waals surface area contributed by atoms with Crippen molar-refractivity contribution in [2.45, 2.75) is 51.7 Å². The summed E-state index contributed by atoms with van der Waals surface area (Å²) in [5.41, 5.74) is 2.59. The number of fused-ring (bicyclic) bond motifs is 1. The van der Waals surface area contributed by atoms with E-state index in [9.17, 15) is 9.59 Å². The highest BCUT2D eigenvalue weighted by atomic mass is 16.5. The molecule has 0 fully saturated rings. The summed E-state index contributed by atoms with van der Waals surface area (Å²) in [7, 11) is 3.28. The Balaban J connectivity index is 1.72. The second kappa shape index (κ2) is 10.6. The topological polar surface area (TPSA) is 88.1 Å². The number of benzene rings is 2. The van der Waals surface area contributed by atoms with Gasteiger partial charge in [-0.3, -0.25) is 9.59 Å². The van der Waals surface area contributed by atoms with Gasteiger partial charge in [-0.25, -0.2) is 0 Å². The van der Waals surface area contributed by atoms with E-state index in [4.69, 9.17) is 14.6 Å². The molecule has 3 unspecified atom stereocenters. The maximum absolute atomic E-state index is 12.5. The second-order valence-electron chi connectivity index (χ2n) is 9.10. The average molecular weight is 455 g/mol. The van der Waals surface area contributed by atoms with E-state index in [1.54, 1.807) is 26.3 Å². The Morgan fingerprint density at radius 3 is 2.48 bits per heavy atom. The van der Waals surface area contributed by atoms with Crippen molar-refractivity contribution in [2.24, 2.45) is 5.92 Å². The van der Waals surface area contributed by atoms with Crippen LogP contribution >= 0.6 is 0 Å². The van der Waals surface area contributed by atoms with Crippen LogP contribution in [0, 0.1) is 5.92 Å². The summed E-state index contributed by atoms with van der Waals surface area (Å²) in [5.74, 6) is 1.28. The van der Waals surface area contributed by atoms with Gasteiger partial charge in [-0.1, -0.05) is 20.8 Å². The van der Waals surface area contributed by atoms with Crippen LogP contribution in [0.5, 0.6) is 11.5 Å². The lowest BCUT2D eigenvalue weighted by Gasteiger charge is -2.29. The van der Waals surface area contributed by atoms with Gasteiger partial charge in [0.05, 0.1) is 19.6 Å². The smallest absolute Gasteiger partial charge is 0.305 e. The van der Waals surface area contributed by atoms with Crippen molar-refractivity contribution in [3.05, 3.63) is 53.6 Å². The van der Waals surface area contributed by atoms with Crippen LogP contribution in [-0.2, 0) is 4.79 Å². The lowest BCUT2D eigenvalue weighted by molar-refractivity contribution is -0.137. The number of carboxylic acids is 1. The Morgan fingerprint density at radius 2 is 1.88 bits per heavy atom. The second-order valence-corrected chi connectivity index (χ2v) is 9.10. The maximum atomic E-state index is 12.5. The molecule has 33 heavy (non-hydrogen) atoms. The van der Waals surface area contributed by atoms with Gasteiger partial charge in [0.2, 0.25) is 0 Å². The molecule has 3 rings (SSSR count). The van der Waals surface area contributed by atoms with Gasteiger partial charge >= 0.3 is 5.97 Å². The molecule has 1 aliphatic rings. The number of carboxylic acid groups (broad SMARTS) is 1. The van der Waals surface area contributed by atoms with Gasteiger partial charge in [-0.05, 0) is 54.8 Å². The van der Waals surface area contributed by atoms with Crippen LogP contribution in [0.4, 0.5) is 5.69 Å². The third-order valence-electron chi connectivity index (χ3n) is 6.08. The summed E-state index contributed by atoms with van der Waals surface area (Å²) >= 11 is 0. The first-order valence-corrected chi connectivity index (χ1v) is 11.4. The quantitative estimate of drug-likeness (QED) is 0.544. The molecule has 7 nitrogen and oxygen atoms in total. The molecule has 1 heterocycles. The fourth-order valence-electron chi connectivity index (χ4n) is 4.26. The molecule has 0 radical (unpaired) electrons. The van der Waals surface area contributed by atoms with Crippen molar-refractivity contribution >= 4 is 17.6 Å².